The molecule has 2 aliphatic rings. The number of carbonyl (C=O) groups is 2. The molecule has 0 spiro atoms. The summed E-state index contributed by atoms with van der Waals surface area (Å²) < 4.78 is 28.1. The van der Waals surface area contributed by atoms with Crippen LogP contribution in [0.3, 0.4) is 0 Å². The van der Waals surface area contributed by atoms with Gasteiger partial charge < -0.3 is 10.2 Å². The van der Waals surface area contributed by atoms with E-state index in [1.165, 1.54) is 23.9 Å². The SMILES string of the molecule is C[C@H](NC1NC(=O)C(C)(C2(F)CCN(C(=O)c3ccccc3)CC2)S1)c1ccc(F)cc1. The van der Waals surface area contributed by atoms with Crippen molar-refractivity contribution in [1.29, 1.82) is 0 Å². The summed E-state index contributed by atoms with van der Waals surface area (Å²) in [7, 11) is 0. The van der Waals surface area contributed by atoms with Crippen LogP contribution in [0.25, 0.3) is 0 Å². The lowest BCUT2D eigenvalue weighted by Crippen LogP contribution is -2.57. The van der Waals surface area contributed by atoms with Crippen molar-refractivity contribution in [3.8, 4) is 0 Å². The van der Waals surface area contributed by atoms with Gasteiger partial charge in [-0.15, -0.1) is 11.8 Å². The number of benzene rings is 2. The molecule has 170 valence electrons. The van der Waals surface area contributed by atoms with E-state index in [-0.39, 0.29) is 49.6 Å². The van der Waals surface area contributed by atoms with E-state index in [0.717, 1.165) is 5.56 Å². The minimum absolute atomic E-state index is 0.0999. The number of piperidine rings is 1. The van der Waals surface area contributed by atoms with Crippen LogP contribution in [0.15, 0.2) is 54.6 Å². The molecule has 2 aromatic rings. The Labute approximate surface area is 190 Å². The molecule has 4 rings (SSSR count). The molecule has 2 heterocycles. The van der Waals surface area contributed by atoms with Gasteiger partial charge in [0.05, 0.1) is 0 Å². The Hall–Kier alpha value is -2.45. The second-order valence-electron chi connectivity index (χ2n) is 8.57. The Balaban J connectivity index is 1.40. The van der Waals surface area contributed by atoms with Crippen LogP contribution >= 0.6 is 11.8 Å². The van der Waals surface area contributed by atoms with E-state index in [9.17, 15) is 14.0 Å². The van der Waals surface area contributed by atoms with Crippen LogP contribution in [0.1, 0.15) is 48.7 Å². The number of halogens is 2. The van der Waals surface area contributed by atoms with Crippen molar-refractivity contribution in [2.45, 2.75) is 48.6 Å². The monoisotopic (exact) mass is 459 g/mol. The van der Waals surface area contributed by atoms with Crippen LogP contribution in [0, 0.1) is 5.82 Å². The first-order valence-corrected chi connectivity index (χ1v) is 11.6. The maximum atomic E-state index is 16.1. The van der Waals surface area contributed by atoms with Gasteiger partial charge in [-0.2, -0.15) is 0 Å². The molecule has 8 heteroatoms. The molecular formula is C24H27F2N3O2S. The summed E-state index contributed by atoms with van der Waals surface area (Å²) in [6, 6.07) is 14.9. The molecule has 2 N–H and O–H groups in total. The van der Waals surface area contributed by atoms with E-state index in [4.69, 9.17) is 0 Å². The number of rotatable bonds is 5. The Morgan fingerprint density at radius 3 is 2.41 bits per heavy atom. The molecule has 2 fully saturated rings. The van der Waals surface area contributed by atoms with Gasteiger partial charge in [0.1, 0.15) is 21.7 Å². The highest BCUT2D eigenvalue weighted by atomic mass is 32.2. The van der Waals surface area contributed by atoms with Crippen LogP contribution in [0.2, 0.25) is 0 Å². The summed E-state index contributed by atoms with van der Waals surface area (Å²) in [5.41, 5.74) is -0.746. The predicted molar refractivity (Wildman–Crippen MR) is 121 cm³/mol. The van der Waals surface area contributed by atoms with E-state index in [1.807, 2.05) is 13.0 Å². The molecule has 3 atom stereocenters. The minimum atomic E-state index is -1.73. The van der Waals surface area contributed by atoms with Gasteiger partial charge in [-0.25, -0.2) is 8.78 Å². The number of likely N-dealkylation sites (tertiary alicyclic amines) is 1. The first-order valence-electron chi connectivity index (χ1n) is 10.8. The van der Waals surface area contributed by atoms with E-state index in [1.54, 1.807) is 48.2 Å². The van der Waals surface area contributed by atoms with Crippen molar-refractivity contribution < 1.29 is 18.4 Å². The molecule has 2 saturated heterocycles. The normalized spacial score (nSPS) is 25.9. The zero-order valence-electron chi connectivity index (χ0n) is 18.1. The number of hydrogen-bond acceptors (Lipinski definition) is 4. The summed E-state index contributed by atoms with van der Waals surface area (Å²) in [4.78, 5) is 27.2. The molecule has 32 heavy (non-hydrogen) atoms. The van der Waals surface area contributed by atoms with Crippen molar-refractivity contribution in [3.05, 3.63) is 71.5 Å². The van der Waals surface area contributed by atoms with Gasteiger partial charge in [-0.05, 0) is 43.7 Å². The molecule has 2 aliphatic heterocycles. The van der Waals surface area contributed by atoms with Gasteiger partial charge >= 0.3 is 0 Å². The van der Waals surface area contributed by atoms with Crippen molar-refractivity contribution >= 4 is 23.6 Å². The minimum Gasteiger partial charge on any atom is -0.338 e. The summed E-state index contributed by atoms with van der Waals surface area (Å²) in [5.74, 6) is -0.779. The van der Waals surface area contributed by atoms with Crippen molar-refractivity contribution in [2.24, 2.45) is 0 Å². The fraction of sp³-hybridized carbons (Fsp3) is 0.417. The molecule has 0 saturated carbocycles. The fourth-order valence-corrected chi connectivity index (χ4v) is 5.83. The highest BCUT2D eigenvalue weighted by molar-refractivity contribution is 8.02. The van der Waals surface area contributed by atoms with Crippen molar-refractivity contribution in [2.75, 3.05) is 13.1 Å². The van der Waals surface area contributed by atoms with Crippen LogP contribution in [0.5, 0.6) is 0 Å². The number of nitrogens with one attached hydrogen (secondary N) is 2. The summed E-state index contributed by atoms with van der Waals surface area (Å²) in [5, 5.41) is 6.14. The predicted octanol–water partition coefficient (Wildman–Crippen LogP) is 4.03. The number of amides is 2. The zero-order chi connectivity index (χ0) is 22.9. The van der Waals surface area contributed by atoms with Gasteiger partial charge in [-0.3, -0.25) is 14.9 Å². The van der Waals surface area contributed by atoms with Gasteiger partial charge in [0.25, 0.3) is 5.91 Å². The van der Waals surface area contributed by atoms with Crippen LogP contribution in [0.4, 0.5) is 8.78 Å². The van der Waals surface area contributed by atoms with Gasteiger partial charge in [0, 0.05) is 37.5 Å². The van der Waals surface area contributed by atoms with Crippen molar-refractivity contribution in [3.63, 3.8) is 0 Å². The topological polar surface area (TPSA) is 61.4 Å². The molecule has 0 radical (unpaired) electrons. The largest absolute Gasteiger partial charge is 0.338 e. The van der Waals surface area contributed by atoms with Gasteiger partial charge in [0.2, 0.25) is 5.91 Å². The highest BCUT2D eigenvalue weighted by Crippen LogP contribution is 2.49. The molecule has 0 aliphatic carbocycles. The first-order chi connectivity index (χ1) is 15.2. The van der Waals surface area contributed by atoms with Gasteiger partial charge in [-0.1, -0.05) is 30.3 Å². The standard InChI is InChI=1S/C24H27F2N3O2S/c1-16(17-8-10-19(25)11-9-17)27-22-28-21(31)23(2,32-22)24(26)12-14-29(15-13-24)20(30)18-6-4-3-5-7-18/h3-11,16,22,27H,12-15H2,1-2H3,(H,28,31)/t16-,22?,23?/m0/s1. The number of alkyl halides is 1. The Bertz CT molecular complexity index is 980. The smallest absolute Gasteiger partial charge is 0.253 e. The van der Waals surface area contributed by atoms with Gasteiger partial charge in [0.15, 0.2) is 0 Å². The lowest BCUT2D eigenvalue weighted by molar-refractivity contribution is -0.127. The zero-order valence-corrected chi connectivity index (χ0v) is 18.9. The molecule has 5 nitrogen and oxygen atoms in total. The van der Waals surface area contributed by atoms with E-state index < -0.39 is 15.9 Å². The number of hydrogen-bond donors (Lipinski definition) is 2. The second kappa shape index (κ2) is 8.83. The summed E-state index contributed by atoms with van der Waals surface area (Å²) in [6.45, 7) is 4.08. The number of carbonyl (C=O) groups excluding carboxylic acids is 2. The number of nitrogens with zero attached hydrogens (tertiary/aromatic N) is 1. The molecule has 2 amide bonds. The maximum Gasteiger partial charge on any atom is 0.253 e. The Kier molecular flexibility index (Phi) is 6.27. The summed E-state index contributed by atoms with van der Waals surface area (Å²) in [6.07, 6.45) is 0.200. The van der Waals surface area contributed by atoms with E-state index >= 15 is 4.39 Å². The van der Waals surface area contributed by atoms with E-state index in [2.05, 4.69) is 10.6 Å². The van der Waals surface area contributed by atoms with Crippen LogP contribution < -0.4 is 10.6 Å². The second-order valence-corrected chi connectivity index (χ2v) is 10.1. The molecular weight excluding hydrogens is 432 g/mol. The molecule has 2 unspecified atom stereocenters. The maximum absolute atomic E-state index is 16.1. The lowest BCUT2D eigenvalue weighted by atomic mass is 9.80. The molecule has 0 aromatic heterocycles. The average molecular weight is 460 g/mol. The average Bonchev–Trinajstić information content (AvgIpc) is 3.09. The summed E-state index contributed by atoms with van der Waals surface area (Å²) >= 11 is 1.23. The number of thioether (sulfide) groups is 1. The Morgan fingerprint density at radius 1 is 1.16 bits per heavy atom. The third-order valence-corrected chi connectivity index (χ3v) is 8.05. The molecule has 0 bridgehead atoms. The quantitative estimate of drug-likeness (QED) is 0.709. The molecule has 2 aromatic carbocycles. The van der Waals surface area contributed by atoms with Crippen LogP contribution in [-0.2, 0) is 4.79 Å². The Morgan fingerprint density at radius 2 is 1.78 bits per heavy atom. The van der Waals surface area contributed by atoms with Crippen molar-refractivity contribution in [1.82, 2.24) is 15.5 Å². The first kappa shape index (κ1) is 22.7. The third-order valence-electron chi connectivity index (χ3n) is 6.54. The lowest BCUT2D eigenvalue weighted by Gasteiger charge is -2.43. The third kappa shape index (κ3) is 4.26. The fourth-order valence-electron chi connectivity index (χ4n) is 4.34. The highest BCUT2D eigenvalue weighted by Gasteiger charge is 2.60. The van der Waals surface area contributed by atoms with E-state index in [0.29, 0.717) is 5.56 Å². The van der Waals surface area contributed by atoms with Crippen LogP contribution in [-0.4, -0.2) is 45.7 Å².